The lowest BCUT2D eigenvalue weighted by Gasteiger charge is -2.07. The number of hydrogen-bond donors (Lipinski definition) is 0. The van der Waals surface area contributed by atoms with E-state index in [1.54, 1.807) is 6.07 Å². The smallest absolute Gasteiger partial charge is 0.336 e. The van der Waals surface area contributed by atoms with E-state index in [2.05, 4.69) is 19.1 Å². The Bertz CT molecular complexity index is 1130. The molecule has 0 aliphatic rings. The highest BCUT2D eigenvalue weighted by Gasteiger charge is 2.20. The molecule has 0 aliphatic carbocycles. The Hall–Kier alpha value is -2.81. The zero-order valence-electron chi connectivity index (χ0n) is 14.7. The van der Waals surface area contributed by atoms with Crippen molar-refractivity contribution in [3.05, 3.63) is 69.8 Å². The second-order valence-corrected chi connectivity index (χ2v) is 6.51. The molecule has 3 nitrogen and oxygen atoms in total. The van der Waals surface area contributed by atoms with Gasteiger partial charge in [0.2, 0.25) is 0 Å². The first-order chi connectivity index (χ1) is 12.1. The zero-order chi connectivity index (χ0) is 17.6. The minimum absolute atomic E-state index is 0.304. The maximum absolute atomic E-state index is 11.9. The maximum Gasteiger partial charge on any atom is 0.336 e. The Labute approximate surface area is 145 Å². The van der Waals surface area contributed by atoms with Gasteiger partial charge in [0.15, 0.2) is 0 Å². The molecular formula is C22H20O3. The summed E-state index contributed by atoms with van der Waals surface area (Å²) < 4.78 is 11.7. The summed E-state index contributed by atoms with van der Waals surface area (Å²) in [5.74, 6) is 0.880. The molecule has 0 unspecified atom stereocenters. The van der Waals surface area contributed by atoms with E-state index in [1.165, 1.54) is 0 Å². The first-order valence-electron chi connectivity index (χ1n) is 8.65. The predicted molar refractivity (Wildman–Crippen MR) is 101 cm³/mol. The average molecular weight is 332 g/mol. The van der Waals surface area contributed by atoms with Gasteiger partial charge in [-0.25, -0.2) is 4.79 Å². The van der Waals surface area contributed by atoms with Gasteiger partial charge >= 0.3 is 5.63 Å². The SMILES string of the molecule is CCCc1cc(=O)oc2cc(C)c3c(-c4ccccc4)c(C)oc3c12. The monoisotopic (exact) mass is 332 g/mol. The Morgan fingerprint density at radius 3 is 2.44 bits per heavy atom. The lowest BCUT2D eigenvalue weighted by atomic mass is 9.96. The van der Waals surface area contributed by atoms with Crippen LogP contribution >= 0.6 is 0 Å². The van der Waals surface area contributed by atoms with Crippen molar-refractivity contribution in [2.75, 3.05) is 0 Å². The zero-order valence-corrected chi connectivity index (χ0v) is 14.7. The van der Waals surface area contributed by atoms with E-state index in [0.717, 1.165) is 57.2 Å². The maximum atomic E-state index is 11.9. The topological polar surface area (TPSA) is 43.4 Å². The van der Waals surface area contributed by atoms with Crippen LogP contribution in [0.4, 0.5) is 0 Å². The van der Waals surface area contributed by atoms with Gasteiger partial charge in [-0.05, 0) is 43.0 Å². The van der Waals surface area contributed by atoms with Crippen molar-refractivity contribution < 1.29 is 8.83 Å². The lowest BCUT2D eigenvalue weighted by molar-refractivity contribution is 0.554. The van der Waals surface area contributed by atoms with Crippen molar-refractivity contribution in [2.24, 2.45) is 0 Å². The molecule has 0 saturated carbocycles. The lowest BCUT2D eigenvalue weighted by Crippen LogP contribution is -2.01. The van der Waals surface area contributed by atoms with Gasteiger partial charge in [-0.1, -0.05) is 43.7 Å². The van der Waals surface area contributed by atoms with E-state index in [0.29, 0.717) is 5.58 Å². The van der Waals surface area contributed by atoms with Crippen LogP contribution in [-0.2, 0) is 6.42 Å². The minimum atomic E-state index is -0.304. The minimum Gasteiger partial charge on any atom is -0.460 e. The quantitative estimate of drug-likeness (QED) is 0.447. The molecule has 4 rings (SSSR count). The summed E-state index contributed by atoms with van der Waals surface area (Å²) in [6.45, 7) is 6.14. The van der Waals surface area contributed by atoms with Gasteiger partial charge in [-0.3, -0.25) is 0 Å². The Kier molecular flexibility index (Phi) is 3.72. The fraction of sp³-hybridized carbons (Fsp3) is 0.227. The van der Waals surface area contributed by atoms with Gasteiger partial charge in [-0.2, -0.15) is 0 Å². The Morgan fingerprint density at radius 1 is 0.960 bits per heavy atom. The van der Waals surface area contributed by atoms with E-state index in [9.17, 15) is 4.79 Å². The van der Waals surface area contributed by atoms with Crippen LogP contribution in [0.1, 0.15) is 30.2 Å². The molecule has 0 radical (unpaired) electrons. The van der Waals surface area contributed by atoms with Crippen LogP contribution in [0.2, 0.25) is 0 Å². The molecule has 25 heavy (non-hydrogen) atoms. The van der Waals surface area contributed by atoms with Gasteiger partial charge in [0.05, 0.1) is 5.39 Å². The van der Waals surface area contributed by atoms with Crippen molar-refractivity contribution in [1.29, 1.82) is 0 Å². The molecule has 0 saturated heterocycles. The molecule has 0 spiro atoms. The highest BCUT2D eigenvalue weighted by Crippen LogP contribution is 2.40. The summed E-state index contributed by atoms with van der Waals surface area (Å²) in [4.78, 5) is 11.9. The van der Waals surface area contributed by atoms with Crippen molar-refractivity contribution >= 4 is 21.9 Å². The molecule has 2 aromatic heterocycles. The summed E-state index contributed by atoms with van der Waals surface area (Å²) >= 11 is 0. The first-order valence-corrected chi connectivity index (χ1v) is 8.65. The van der Waals surface area contributed by atoms with Crippen LogP contribution in [0.15, 0.2) is 56.1 Å². The number of benzene rings is 2. The summed E-state index contributed by atoms with van der Waals surface area (Å²) in [5.41, 5.74) is 5.41. The van der Waals surface area contributed by atoms with E-state index < -0.39 is 0 Å². The molecule has 3 heteroatoms. The third-order valence-electron chi connectivity index (χ3n) is 4.71. The largest absolute Gasteiger partial charge is 0.460 e. The summed E-state index contributed by atoms with van der Waals surface area (Å²) in [6, 6.07) is 13.8. The molecule has 0 aliphatic heterocycles. The molecule has 0 atom stereocenters. The van der Waals surface area contributed by atoms with Crippen molar-refractivity contribution in [1.82, 2.24) is 0 Å². The van der Waals surface area contributed by atoms with Gasteiger partial charge in [-0.15, -0.1) is 0 Å². The van der Waals surface area contributed by atoms with Crippen LogP contribution in [0.25, 0.3) is 33.1 Å². The second-order valence-electron chi connectivity index (χ2n) is 6.51. The molecule has 126 valence electrons. The number of hydrogen-bond acceptors (Lipinski definition) is 3. The number of aryl methyl sites for hydroxylation is 3. The summed E-state index contributed by atoms with van der Waals surface area (Å²) in [7, 11) is 0. The number of fused-ring (bicyclic) bond motifs is 3. The summed E-state index contributed by atoms with van der Waals surface area (Å²) in [6.07, 6.45) is 1.78. The highest BCUT2D eigenvalue weighted by atomic mass is 16.4. The third kappa shape index (κ3) is 2.47. The molecule has 0 bridgehead atoms. The second kappa shape index (κ2) is 5.92. The molecule has 0 N–H and O–H groups in total. The fourth-order valence-corrected chi connectivity index (χ4v) is 3.71. The predicted octanol–water partition coefficient (Wildman–Crippen LogP) is 5.78. The highest BCUT2D eigenvalue weighted by molar-refractivity contribution is 6.11. The van der Waals surface area contributed by atoms with E-state index >= 15 is 0 Å². The number of rotatable bonds is 3. The van der Waals surface area contributed by atoms with E-state index in [1.807, 2.05) is 38.1 Å². The molecule has 4 aromatic rings. The van der Waals surface area contributed by atoms with E-state index in [-0.39, 0.29) is 5.63 Å². The van der Waals surface area contributed by atoms with Crippen LogP contribution in [0.3, 0.4) is 0 Å². The van der Waals surface area contributed by atoms with Crippen LogP contribution in [-0.4, -0.2) is 0 Å². The Morgan fingerprint density at radius 2 is 1.72 bits per heavy atom. The van der Waals surface area contributed by atoms with Gasteiger partial charge < -0.3 is 8.83 Å². The standard InChI is InChI=1S/C22H20O3/c1-4-8-16-12-18(23)25-17-11-13(2)19-20(15-9-6-5-7-10-15)14(3)24-22(19)21(16)17/h5-7,9-12H,4,8H2,1-3H3. The van der Waals surface area contributed by atoms with E-state index in [4.69, 9.17) is 8.83 Å². The van der Waals surface area contributed by atoms with Gasteiger partial charge in [0.1, 0.15) is 16.9 Å². The van der Waals surface area contributed by atoms with Crippen molar-refractivity contribution in [3.8, 4) is 11.1 Å². The first kappa shape index (κ1) is 15.7. The molecular weight excluding hydrogens is 312 g/mol. The van der Waals surface area contributed by atoms with Crippen molar-refractivity contribution in [2.45, 2.75) is 33.6 Å². The third-order valence-corrected chi connectivity index (χ3v) is 4.71. The molecule has 2 heterocycles. The normalized spacial score (nSPS) is 11.5. The van der Waals surface area contributed by atoms with Crippen LogP contribution in [0.5, 0.6) is 0 Å². The average Bonchev–Trinajstić information content (AvgIpc) is 2.93. The fourth-order valence-electron chi connectivity index (χ4n) is 3.71. The van der Waals surface area contributed by atoms with Gasteiger partial charge in [0.25, 0.3) is 0 Å². The molecule has 2 aromatic carbocycles. The molecule has 0 amide bonds. The van der Waals surface area contributed by atoms with Crippen LogP contribution < -0.4 is 5.63 Å². The number of furan rings is 1. The Balaban J connectivity index is 2.18. The summed E-state index contributed by atoms with van der Waals surface area (Å²) in [5, 5.41) is 2.02. The van der Waals surface area contributed by atoms with Crippen molar-refractivity contribution in [3.63, 3.8) is 0 Å². The van der Waals surface area contributed by atoms with Crippen LogP contribution in [0, 0.1) is 13.8 Å². The van der Waals surface area contributed by atoms with Gasteiger partial charge in [0, 0.05) is 17.0 Å². The molecule has 0 fully saturated rings.